The molecule has 0 amide bonds. The molecule has 2 unspecified atom stereocenters. The van der Waals surface area contributed by atoms with Crippen molar-refractivity contribution in [2.24, 2.45) is 16.8 Å². The van der Waals surface area contributed by atoms with Gasteiger partial charge in [0.2, 0.25) is 0 Å². The number of benzene rings is 1. The van der Waals surface area contributed by atoms with Crippen LogP contribution in [0.2, 0.25) is 0 Å². The summed E-state index contributed by atoms with van der Waals surface area (Å²) in [6.07, 6.45) is 17.1. The quantitative estimate of drug-likeness (QED) is 0.333. The summed E-state index contributed by atoms with van der Waals surface area (Å²) in [4.78, 5) is 4.44. The Balaban J connectivity index is 0.000000237. The third-order valence-corrected chi connectivity index (χ3v) is 6.89. The summed E-state index contributed by atoms with van der Waals surface area (Å²) in [6, 6.07) is 6.43. The average molecular weight is 450 g/mol. The van der Waals surface area contributed by atoms with Crippen molar-refractivity contribution < 1.29 is 4.39 Å². The van der Waals surface area contributed by atoms with E-state index >= 15 is 0 Å². The molecule has 2 aliphatic rings. The molecule has 0 saturated heterocycles. The van der Waals surface area contributed by atoms with E-state index < -0.39 is 0 Å². The molecule has 1 heterocycles. The van der Waals surface area contributed by atoms with E-state index in [9.17, 15) is 4.39 Å². The molecule has 0 N–H and O–H groups in total. The van der Waals surface area contributed by atoms with Gasteiger partial charge in [-0.25, -0.2) is 4.39 Å². The lowest BCUT2D eigenvalue weighted by Crippen LogP contribution is -2.12. The van der Waals surface area contributed by atoms with Gasteiger partial charge in [-0.15, -0.1) is 0 Å². The van der Waals surface area contributed by atoms with Crippen molar-refractivity contribution in [2.45, 2.75) is 91.9 Å². The van der Waals surface area contributed by atoms with Gasteiger partial charge in [-0.2, -0.15) is 0 Å². The van der Waals surface area contributed by atoms with Crippen molar-refractivity contribution in [1.82, 2.24) is 0 Å². The highest BCUT2D eigenvalue weighted by Crippen LogP contribution is 2.32. The molecule has 2 heteroatoms. The van der Waals surface area contributed by atoms with E-state index in [1.807, 2.05) is 6.92 Å². The summed E-state index contributed by atoms with van der Waals surface area (Å²) in [7, 11) is 0. The summed E-state index contributed by atoms with van der Waals surface area (Å²) in [5.74, 6) is 1.74. The fourth-order valence-electron chi connectivity index (χ4n) is 4.97. The van der Waals surface area contributed by atoms with Gasteiger partial charge in [0.25, 0.3) is 0 Å². The second-order valence-corrected chi connectivity index (χ2v) is 9.76. The molecular weight excluding hydrogens is 405 g/mol. The molecule has 1 aliphatic carbocycles. The van der Waals surface area contributed by atoms with Crippen LogP contribution in [0.3, 0.4) is 0 Å². The summed E-state index contributed by atoms with van der Waals surface area (Å²) in [5, 5.41) is 0. The lowest BCUT2D eigenvalue weighted by molar-refractivity contribution is 0.271. The number of nitrogens with zero attached hydrogens (tertiary/aromatic N) is 1. The third-order valence-electron chi connectivity index (χ3n) is 6.89. The van der Waals surface area contributed by atoms with E-state index in [-0.39, 0.29) is 5.82 Å². The molecule has 1 aromatic carbocycles. The van der Waals surface area contributed by atoms with Crippen molar-refractivity contribution in [3.05, 3.63) is 83.4 Å². The van der Waals surface area contributed by atoms with Crippen molar-refractivity contribution in [2.75, 3.05) is 0 Å². The number of halogens is 1. The van der Waals surface area contributed by atoms with Crippen LogP contribution in [0.5, 0.6) is 0 Å². The summed E-state index contributed by atoms with van der Waals surface area (Å²) in [6.45, 7) is 16.9. The Labute approximate surface area is 202 Å². The van der Waals surface area contributed by atoms with E-state index in [1.165, 1.54) is 80.2 Å². The molecule has 0 spiro atoms. The Kier molecular flexibility index (Phi) is 11.6. The summed E-state index contributed by atoms with van der Waals surface area (Å²) < 4.78 is 12.7. The van der Waals surface area contributed by atoms with E-state index in [4.69, 9.17) is 0 Å². The second kappa shape index (κ2) is 14.1. The molecule has 0 bridgehead atoms. The molecule has 3 rings (SSSR count). The van der Waals surface area contributed by atoms with Crippen LogP contribution in [0.1, 0.15) is 97.5 Å². The van der Waals surface area contributed by atoms with Gasteiger partial charge in [-0.05, 0) is 85.8 Å². The van der Waals surface area contributed by atoms with E-state index in [1.54, 1.807) is 18.2 Å². The Bertz CT molecular complexity index is 869. The standard InChI is InChI=1S/C18H32.C13H12FN/c1-5-9-16(4)18(6-2)13-8-12-17-11-7-10-15(3)14-17;1-3-12-9(2)8-13(15-12)10-4-6-11(14)7-5-10/h13,15,17H,4-12,14H2,1-3H3;3-7H,1,8H2,2H3/b18-13+;. The van der Waals surface area contributed by atoms with Gasteiger partial charge in [-0.3, -0.25) is 4.99 Å². The first-order valence-electron chi connectivity index (χ1n) is 12.9. The largest absolute Gasteiger partial charge is 0.253 e. The van der Waals surface area contributed by atoms with E-state index in [0.717, 1.165) is 41.6 Å². The lowest BCUT2D eigenvalue weighted by Gasteiger charge is -2.26. The van der Waals surface area contributed by atoms with Gasteiger partial charge < -0.3 is 0 Å². The van der Waals surface area contributed by atoms with Crippen LogP contribution < -0.4 is 0 Å². The molecular formula is C31H44FN. The zero-order valence-electron chi connectivity index (χ0n) is 21.4. The normalized spacial score (nSPS) is 20.8. The Morgan fingerprint density at radius 3 is 2.48 bits per heavy atom. The fraction of sp³-hybridized carbons (Fsp3) is 0.516. The number of rotatable bonds is 9. The molecule has 1 fully saturated rings. The zero-order chi connectivity index (χ0) is 24.2. The van der Waals surface area contributed by atoms with Crippen molar-refractivity contribution >= 4 is 5.71 Å². The van der Waals surface area contributed by atoms with Gasteiger partial charge in [0.1, 0.15) is 5.82 Å². The van der Waals surface area contributed by atoms with Crippen LogP contribution in [-0.4, -0.2) is 5.71 Å². The number of allylic oxidation sites excluding steroid dienone is 5. The molecule has 1 aliphatic heterocycles. The first kappa shape index (κ1) is 27.0. The maximum absolute atomic E-state index is 12.7. The van der Waals surface area contributed by atoms with Crippen LogP contribution in [0.25, 0.3) is 0 Å². The molecule has 2 atom stereocenters. The molecule has 180 valence electrons. The molecule has 33 heavy (non-hydrogen) atoms. The maximum atomic E-state index is 12.7. The Morgan fingerprint density at radius 1 is 1.18 bits per heavy atom. The predicted molar refractivity (Wildman–Crippen MR) is 143 cm³/mol. The molecule has 1 saturated carbocycles. The van der Waals surface area contributed by atoms with Gasteiger partial charge in [0.15, 0.2) is 0 Å². The first-order chi connectivity index (χ1) is 15.9. The fourth-order valence-corrected chi connectivity index (χ4v) is 4.97. The van der Waals surface area contributed by atoms with Crippen LogP contribution in [0.4, 0.5) is 4.39 Å². The number of hydrogen-bond donors (Lipinski definition) is 0. The smallest absolute Gasteiger partial charge is 0.123 e. The minimum absolute atomic E-state index is 0.217. The van der Waals surface area contributed by atoms with Crippen LogP contribution in [0, 0.1) is 17.7 Å². The Hall–Kier alpha value is -2.22. The van der Waals surface area contributed by atoms with E-state index in [0.29, 0.717) is 0 Å². The lowest BCUT2D eigenvalue weighted by atomic mass is 9.80. The second-order valence-electron chi connectivity index (χ2n) is 9.76. The summed E-state index contributed by atoms with van der Waals surface area (Å²) in [5.41, 5.74) is 7.01. The van der Waals surface area contributed by atoms with Crippen LogP contribution >= 0.6 is 0 Å². The first-order valence-corrected chi connectivity index (χ1v) is 12.9. The van der Waals surface area contributed by atoms with Gasteiger partial charge >= 0.3 is 0 Å². The van der Waals surface area contributed by atoms with Crippen molar-refractivity contribution in [3.63, 3.8) is 0 Å². The third kappa shape index (κ3) is 8.91. The highest BCUT2D eigenvalue weighted by Gasteiger charge is 2.18. The topological polar surface area (TPSA) is 12.4 Å². The van der Waals surface area contributed by atoms with Crippen LogP contribution in [-0.2, 0) is 0 Å². The van der Waals surface area contributed by atoms with Gasteiger partial charge in [0.05, 0.1) is 11.4 Å². The molecule has 1 aromatic rings. The van der Waals surface area contributed by atoms with Crippen molar-refractivity contribution in [1.29, 1.82) is 0 Å². The zero-order valence-corrected chi connectivity index (χ0v) is 21.4. The molecule has 1 nitrogen and oxygen atoms in total. The highest BCUT2D eigenvalue weighted by atomic mass is 19.1. The number of hydrogen-bond acceptors (Lipinski definition) is 1. The average Bonchev–Trinajstić information content (AvgIpc) is 3.18. The summed E-state index contributed by atoms with van der Waals surface area (Å²) >= 11 is 0. The predicted octanol–water partition coefficient (Wildman–Crippen LogP) is 9.76. The maximum Gasteiger partial charge on any atom is 0.123 e. The Morgan fingerprint density at radius 2 is 1.91 bits per heavy atom. The molecule has 0 aromatic heterocycles. The van der Waals surface area contributed by atoms with Gasteiger partial charge in [0, 0.05) is 6.42 Å². The van der Waals surface area contributed by atoms with Crippen molar-refractivity contribution in [3.8, 4) is 0 Å². The number of aliphatic imine (C=N–C) groups is 1. The highest BCUT2D eigenvalue weighted by molar-refractivity contribution is 6.04. The van der Waals surface area contributed by atoms with Gasteiger partial charge in [-0.1, -0.05) is 83.4 Å². The van der Waals surface area contributed by atoms with E-state index in [2.05, 4.69) is 45.0 Å². The monoisotopic (exact) mass is 449 g/mol. The molecule has 0 radical (unpaired) electrons. The van der Waals surface area contributed by atoms with Crippen LogP contribution in [0.15, 0.2) is 77.0 Å². The SMILES string of the molecule is C=C(CCC)/C(=C/CCC1CCCC(C)C1)CC.C=CC1=C(C)CC(c2ccc(F)cc2)=N1. The minimum atomic E-state index is -0.217. The minimum Gasteiger partial charge on any atom is -0.253 e.